The third-order valence-corrected chi connectivity index (χ3v) is 10.1. The normalized spacial score (nSPS) is 11.3. The molecule has 0 fully saturated rings. The fraction of sp³-hybridized carbons (Fsp3) is 0.0400. The van der Waals surface area contributed by atoms with Gasteiger partial charge < -0.3 is 0 Å². The second-order valence-corrected chi connectivity index (χ2v) is 13.6. The Bertz CT molecular complexity index is 2490. The molecule has 2 heteroatoms. The average molecular weight is 665 g/mol. The zero-order valence-electron chi connectivity index (χ0n) is 29.2. The first-order chi connectivity index (χ1) is 25.6. The molecule has 0 aliphatic carbocycles. The van der Waals surface area contributed by atoms with Gasteiger partial charge in [-0.15, -0.1) is 0 Å². The van der Waals surface area contributed by atoms with Gasteiger partial charge in [-0.25, -0.2) is 9.97 Å². The van der Waals surface area contributed by atoms with E-state index in [4.69, 9.17) is 9.97 Å². The summed E-state index contributed by atoms with van der Waals surface area (Å²) in [6.07, 6.45) is 0. The number of pyridine rings is 2. The number of benzene rings is 7. The molecule has 0 unspecified atom stereocenters. The number of hydrogen-bond donors (Lipinski definition) is 0. The summed E-state index contributed by atoms with van der Waals surface area (Å²) in [5.41, 5.74) is 17.6. The van der Waals surface area contributed by atoms with Crippen molar-refractivity contribution in [3.05, 3.63) is 193 Å². The summed E-state index contributed by atoms with van der Waals surface area (Å²) in [6.45, 7) is 4.26. The summed E-state index contributed by atoms with van der Waals surface area (Å²) < 4.78 is 0. The molecule has 0 N–H and O–H groups in total. The van der Waals surface area contributed by atoms with E-state index in [1.807, 2.05) is 0 Å². The molecule has 0 aliphatic heterocycles. The average Bonchev–Trinajstić information content (AvgIpc) is 3.21. The summed E-state index contributed by atoms with van der Waals surface area (Å²) in [5.74, 6) is 0. The van der Waals surface area contributed by atoms with Crippen LogP contribution in [0.4, 0.5) is 0 Å². The van der Waals surface area contributed by atoms with Crippen molar-refractivity contribution < 1.29 is 0 Å². The second-order valence-electron chi connectivity index (χ2n) is 13.6. The maximum atomic E-state index is 5.45. The summed E-state index contributed by atoms with van der Waals surface area (Å²) in [7, 11) is 0. The summed E-state index contributed by atoms with van der Waals surface area (Å²) in [4.78, 5) is 10.9. The lowest BCUT2D eigenvalue weighted by atomic mass is 9.93. The highest BCUT2D eigenvalue weighted by Crippen LogP contribution is 2.40. The molecule has 2 aromatic heterocycles. The molecule has 9 rings (SSSR count). The number of fused-ring (bicyclic) bond motifs is 3. The fourth-order valence-electron chi connectivity index (χ4n) is 7.14. The molecule has 52 heavy (non-hydrogen) atoms. The third-order valence-electron chi connectivity index (χ3n) is 10.1. The largest absolute Gasteiger partial charge is 0.245 e. The van der Waals surface area contributed by atoms with Crippen LogP contribution in [0.25, 0.3) is 88.8 Å². The van der Waals surface area contributed by atoms with Gasteiger partial charge in [-0.1, -0.05) is 181 Å². The molecule has 246 valence electrons. The van der Waals surface area contributed by atoms with Gasteiger partial charge in [0.05, 0.1) is 22.4 Å². The second kappa shape index (κ2) is 13.2. The van der Waals surface area contributed by atoms with Crippen LogP contribution in [0.5, 0.6) is 0 Å². The van der Waals surface area contributed by atoms with Crippen molar-refractivity contribution in [2.45, 2.75) is 13.8 Å². The van der Waals surface area contributed by atoms with Crippen LogP contribution in [0, 0.1) is 13.8 Å². The van der Waals surface area contributed by atoms with Crippen LogP contribution in [0.15, 0.2) is 182 Å². The summed E-state index contributed by atoms with van der Waals surface area (Å²) >= 11 is 0. The minimum absolute atomic E-state index is 0.897. The van der Waals surface area contributed by atoms with E-state index in [1.54, 1.807) is 0 Å². The molecular weight excluding hydrogens is 629 g/mol. The Morgan fingerprint density at radius 3 is 0.962 bits per heavy atom. The van der Waals surface area contributed by atoms with Gasteiger partial charge in [-0.3, -0.25) is 0 Å². The van der Waals surface area contributed by atoms with Crippen molar-refractivity contribution in [2.24, 2.45) is 0 Å². The van der Waals surface area contributed by atoms with Crippen molar-refractivity contribution >= 4 is 21.8 Å². The van der Waals surface area contributed by atoms with Crippen LogP contribution >= 0.6 is 0 Å². The molecule has 0 spiro atoms. The van der Waals surface area contributed by atoms with Gasteiger partial charge >= 0.3 is 0 Å². The Labute approximate surface area is 304 Å². The lowest BCUT2D eigenvalue weighted by molar-refractivity contribution is 1.36. The molecule has 2 heterocycles. The quantitative estimate of drug-likeness (QED) is 0.165. The summed E-state index contributed by atoms with van der Waals surface area (Å²) in [6, 6.07) is 65.1. The standard InChI is InChI=1S/C50H36N2/c1-33-13-17-39(18-14-33)45-31-47(41-25-21-37(22-26-41)35-9-5-3-6-10-35)51-49-43(45)29-30-44-46(40-19-15-34(2)16-20-40)32-48(52-50(44)49)42-27-23-38(24-28-42)36-11-7-4-8-12-36/h3-32H,1-2H3. The number of aryl methyl sites for hydroxylation is 2. The maximum absolute atomic E-state index is 5.45. The highest BCUT2D eigenvalue weighted by atomic mass is 14.8. The van der Waals surface area contributed by atoms with Crippen molar-refractivity contribution in [3.63, 3.8) is 0 Å². The smallest absolute Gasteiger partial charge is 0.0978 e. The van der Waals surface area contributed by atoms with Gasteiger partial charge in [-0.05, 0) is 70.5 Å². The first-order valence-corrected chi connectivity index (χ1v) is 17.8. The Morgan fingerprint density at radius 2 is 0.596 bits per heavy atom. The highest BCUT2D eigenvalue weighted by molar-refractivity contribution is 6.13. The molecule has 0 saturated carbocycles. The first kappa shape index (κ1) is 31.3. The van der Waals surface area contributed by atoms with Crippen LogP contribution in [0.2, 0.25) is 0 Å². The molecule has 0 bridgehead atoms. The molecule has 0 aliphatic rings. The minimum Gasteiger partial charge on any atom is -0.245 e. The van der Waals surface area contributed by atoms with Crippen molar-refractivity contribution in [2.75, 3.05) is 0 Å². The van der Waals surface area contributed by atoms with E-state index in [0.29, 0.717) is 0 Å². The van der Waals surface area contributed by atoms with Crippen LogP contribution in [-0.4, -0.2) is 9.97 Å². The lowest BCUT2D eigenvalue weighted by Crippen LogP contribution is -1.96. The molecule has 2 nitrogen and oxygen atoms in total. The van der Waals surface area contributed by atoms with Crippen LogP contribution in [0.1, 0.15) is 11.1 Å². The lowest BCUT2D eigenvalue weighted by Gasteiger charge is -2.16. The van der Waals surface area contributed by atoms with E-state index in [1.165, 1.54) is 33.4 Å². The van der Waals surface area contributed by atoms with Crippen molar-refractivity contribution in [3.8, 4) is 67.0 Å². The Balaban J connectivity index is 1.29. The number of rotatable bonds is 6. The number of hydrogen-bond acceptors (Lipinski definition) is 2. The van der Waals surface area contributed by atoms with Gasteiger partial charge in [0.1, 0.15) is 0 Å². The van der Waals surface area contributed by atoms with E-state index >= 15 is 0 Å². The SMILES string of the molecule is Cc1ccc(-c2cc(-c3ccc(-c4ccccc4)cc3)nc3c2ccc2c(-c4ccc(C)cc4)cc(-c4ccc(-c5ccccc5)cc4)nc23)cc1. The molecular formula is C50H36N2. The highest BCUT2D eigenvalue weighted by Gasteiger charge is 2.17. The van der Waals surface area contributed by atoms with Crippen LogP contribution in [0.3, 0.4) is 0 Å². The Kier molecular flexibility index (Phi) is 7.98. The Morgan fingerprint density at radius 1 is 0.288 bits per heavy atom. The third kappa shape index (κ3) is 5.95. The van der Waals surface area contributed by atoms with Gasteiger partial charge in [0, 0.05) is 21.9 Å². The van der Waals surface area contributed by atoms with Gasteiger partial charge in [0.15, 0.2) is 0 Å². The van der Waals surface area contributed by atoms with E-state index in [-0.39, 0.29) is 0 Å². The van der Waals surface area contributed by atoms with Crippen molar-refractivity contribution in [1.29, 1.82) is 0 Å². The molecule has 0 atom stereocenters. The van der Waals surface area contributed by atoms with Crippen molar-refractivity contribution in [1.82, 2.24) is 9.97 Å². The molecule has 7 aromatic carbocycles. The zero-order chi connectivity index (χ0) is 35.0. The minimum atomic E-state index is 0.897. The predicted octanol–water partition coefficient (Wildman–Crippen LogP) is 13.4. The maximum Gasteiger partial charge on any atom is 0.0978 e. The fourth-order valence-corrected chi connectivity index (χ4v) is 7.14. The number of nitrogens with zero attached hydrogens (tertiary/aromatic N) is 2. The van der Waals surface area contributed by atoms with E-state index in [2.05, 4.69) is 196 Å². The van der Waals surface area contributed by atoms with Gasteiger partial charge in [-0.2, -0.15) is 0 Å². The first-order valence-electron chi connectivity index (χ1n) is 17.8. The zero-order valence-corrected chi connectivity index (χ0v) is 29.2. The molecule has 0 saturated heterocycles. The van der Waals surface area contributed by atoms with Crippen LogP contribution in [-0.2, 0) is 0 Å². The topological polar surface area (TPSA) is 25.8 Å². The molecule has 0 amide bonds. The summed E-state index contributed by atoms with van der Waals surface area (Å²) in [5, 5.41) is 2.17. The molecule has 9 aromatic rings. The van der Waals surface area contributed by atoms with E-state index in [0.717, 1.165) is 66.6 Å². The van der Waals surface area contributed by atoms with E-state index in [9.17, 15) is 0 Å². The van der Waals surface area contributed by atoms with E-state index < -0.39 is 0 Å². The Hall–Kier alpha value is -6.64. The van der Waals surface area contributed by atoms with Gasteiger partial charge in [0.2, 0.25) is 0 Å². The van der Waals surface area contributed by atoms with Gasteiger partial charge in [0.25, 0.3) is 0 Å². The van der Waals surface area contributed by atoms with Crippen LogP contribution < -0.4 is 0 Å². The molecule has 0 radical (unpaired) electrons. The number of aromatic nitrogens is 2. The monoisotopic (exact) mass is 664 g/mol. The predicted molar refractivity (Wildman–Crippen MR) is 219 cm³/mol.